The Morgan fingerprint density at radius 2 is 2.20 bits per heavy atom. The number of carbonyl (C=O) groups excluding carboxylic acids is 2. The topological polar surface area (TPSA) is 46.6 Å². The second-order valence-corrected chi connectivity index (χ2v) is 1.98. The fraction of sp³-hybridized carbons (Fsp3) is 0.667. The van der Waals surface area contributed by atoms with E-state index >= 15 is 0 Å². The highest BCUT2D eigenvalue weighted by atomic mass is 16.6. The lowest BCUT2D eigenvalue weighted by Gasteiger charge is -2.18. The second kappa shape index (κ2) is 3.87. The number of hydrogen-bond acceptors (Lipinski definition) is 3. The van der Waals surface area contributed by atoms with E-state index in [9.17, 15) is 9.59 Å². The first-order valence-electron chi connectivity index (χ1n) is 2.92. The van der Waals surface area contributed by atoms with E-state index in [4.69, 9.17) is 0 Å². The van der Waals surface area contributed by atoms with Crippen molar-refractivity contribution in [3.8, 4) is 0 Å². The highest BCUT2D eigenvalue weighted by molar-refractivity contribution is 5.66. The van der Waals surface area contributed by atoms with Gasteiger partial charge in [-0.05, 0) is 6.92 Å². The van der Waals surface area contributed by atoms with E-state index in [2.05, 4.69) is 4.74 Å². The van der Waals surface area contributed by atoms with E-state index in [0.29, 0.717) is 6.41 Å². The third-order valence-corrected chi connectivity index (χ3v) is 1.08. The van der Waals surface area contributed by atoms with Crippen molar-refractivity contribution in [2.75, 3.05) is 7.05 Å². The predicted molar refractivity (Wildman–Crippen MR) is 35.1 cm³/mol. The molecule has 0 heterocycles. The molecular weight excluding hydrogens is 134 g/mol. The fourth-order valence-electron chi connectivity index (χ4n) is 0.409. The van der Waals surface area contributed by atoms with Gasteiger partial charge in [0.1, 0.15) is 0 Å². The Balaban J connectivity index is 3.71. The molecule has 0 aliphatic heterocycles. The molecule has 4 nitrogen and oxygen atoms in total. The molecule has 1 unspecified atom stereocenters. The summed E-state index contributed by atoms with van der Waals surface area (Å²) in [5.41, 5.74) is 0. The molecule has 0 bridgehead atoms. The smallest absolute Gasteiger partial charge is 0.304 e. The molecule has 0 aliphatic rings. The molecule has 1 amide bonds. The Labute approximate surface area is 59.8 Å². The average molecular weight is 145 g/mol. The van der Waals surface area contributed by atoms with E-state index < -0.39 is 6.23 Å². The number of esters is 1. The Hall–Kier alpha value is -1.06. The Bertz CT molecular complexity index is 135. The maximum Gasteiger partial charge on any atom is 0.304 e. The highest BCUT2D eigenvalue weighted by Crippen LogP contribution is 1.93. The van der Waals surface area contributed by atoms with Crippen molar-refractivity contribution < 1.29 is 14.3 Å². The first kappa shape index (κ1) is 8.94. The van der Waals surface area contributed by atoms with Gasteiger partial charge in [0.15, 0.2) is 6.23 Å². The van der Waals surface area contributed by atoms with E-state index in [1.807, 2.05) is 0 Å². The monoisotopic (exact) mass is 145 g/mol. The number of amides is 1. The van der Waals surface area contributed by atoms with Gasteiger partial charge in [0.2, 0.25) is 6.41 Å². The Morgan fingerprint density at radius 3 is 2.50 bits per heavy atom. The van der Waals surface area contributed by atoms with Gasteiger partial charge in [-0.2, -0.15) is 0 Å². The molecule has 0 fully saturated rings. The van der Waals surface area contributed by atoms with Crippen LogP contribution in [0.3, 0.4) is 0 Å². The summed E-state index contributed by atoms with van der Waals surface area (Å²) >= 11 is 0. The van der Waals surface area contributed by atoms with Gasteiger partial charge in [-0.3, -0.25) is 9.59 Å². The van der Waals surface area contributed by atoms with Crippen LogP contribution in [0.1, 0.15) is 13.8 Å². The summed E-state index contributed by atoms with van der Waals surface area (Å²) < 4.78 is 4.66. The third kappa shape index (κ3) is 3.06. The average Bonchev–Trinajstić information content (AvgIpc) is 1.85. The van der Waals surface area contributed by atoms with E-state index in [-0.39, 0.29) is 5.97 Å². The molecule has 10 heavy (non-hydrogen) atoms. The number of rotatable bonds is 3. The molecule has 0 spiro atoms. The van der Waals surface area contributed by atoms with Crippen molar-refractivity contribution in [2.45, 2.75) is 20.1 Å². The molecule has 0 N–H and O–H groups in total. The van der Waals surface area contributed by atoms with Crippen LogP contribution in [0.4, 0.5) is 0 Å². The van der Waals surface area contributed by atoms with Gasteiger partial charge in [0.05, 0.1) is 0 Å². The highest BCUT2D eigenvalue weighted by Gasteiger charge is 2.07. The molecule has 0 saturated heterocycles. The lowest BCUT2D eigenvalue weighted by molar-refractivity contribution is -0.155. The summed E-state index contributed by atoms with van der Waals surface area (Å²) in [7, 11) is 1.54. The molecule has 0 aliphatic carbocycles. The maximum absolute atomic E-state index is 10.3. The lowest BCUT2D eigenvalue weighted by Crippen LogP contribution is -2.31. The first-order chi connectivity index (χ1) is 4.57. The number of nitrogens with zero attached hydrogens (tertiary/aromatic N) is 1. The van der Waals surface area contributed by atoms with E-state index in [1.54, 1.807) is 14.0 Å². The van der Waals surface area contributed by atoms with Crippen LogP contribution in [0, 0.1) is 0 Å². The maximum atomic E-state index is 10.3. The standard InChI is InChI=1S/C6H11NO3/c1-5(7(3)4-8)10-6(2)9/h4-5H,1-3H3. The molecule has 0 saturated carbocycles. The molecule has 0 aromatic carbocycles. The Kier molecular flexibility index (Phi) is 3.46. The van der Waals surface area contributed by atoms with E-state index in [1.165, 1.54) is 11.8 Å². The van der Waals surface area contributed by atoms with Gasteiger partial charge >= 0.3 is 5.97 Å². The third-order valence-electron chi connectivity index (χ3n) is 1.08. The van der Waals surface area contributed by atoms with Crippen LogP contribution in [0.25, 0.3) is 0 Å². The Morgan fingerprint density at radius 1 is 1.70 bits per heavy atom. The predicted octanol–water partition coefficient (Wildman–Crippen LogP) is -0.0163. The van der Waals surface area contributed by atoms with Crippen molar-refractivity contribution >= 4 is 12.4 Å². The van der Waals surface area contributed by atoms with Crippen LogP contribution >= 0.6 is 0 Å². The minimum Gasteiger partial charge on any atom is -0.442 e. The molecular formula is C6H11NO3. The fourth-order valence-corrected chi connectivity index (χ4v) is 0.409. The summed E-state index contributed by atoms with van der Waals surface area (Å²) in [5.74, 6) is -0.388. The van der Waals surface area contributed by atoms with E-state index in [0.717, 1.165) is 0 Å². The van der Waals surface area contributed by atoms with Crippen molar-refractivity contribution in [2.24, 2.45) is 0 Å². The van der Waals surface area contributed by atoms with Gasteiger partial charge in [-0.15, -0.1) is 0 Å². The van der Waals surface area contributed by atoms with Gasteiger partial charge in [0, 0.05) is 14.0 Å². The van der Waals surface area contributed by atoms with Crippen LogP contribution in [0.2, 0.25) is 0 Å². The van der Waals surface area contributed by atoms with Crippen LogP contribution in [-0.2, 0) is 14.3 Å². The van der Waals surface area contributed by atoms with Gasteiger partial charge < -0.3 is 9.64 Å². The van der Waals surface area contributed by atoms with Gasteiger partial charge in [-0.1, -0.05) is 0 Å². The summed E-state index contributed by atoms with van der Waals surface area (Å²) in [6.45, 7) is 2.92. The number of hydrogen-bond donors (Lipinski definition) is 0. The second-order valence-electron chi connectivity index (χ2n) is 1.98. The molecule has 4 heteroatoms. The van der Waals surface area contributed by atoms with Crippen molar-refractivity contribution in [3.05, 3.63) is 0 Å². The zero-order chi connectivity index (χ0) is 8.15. The quantitative estimate of drug-likeness (QED) is 0.318. The number of ether oxygens (including phenoxy) is 1. The SMILES string of the molecule is CC(=O)OC(C)N(C)C=O. The van der Waals surface area contributed by atoms with Gasteiger partial charge in [-0.25, -0.2) is 0 Å². The minimum atomic E-state index is -0.477. The van der Waals surface area contributed by atoms with Crippen LogP contribution in [-0.4, -0.2) is 30.6 Å². The molecule has 0 aromatic rings. The molecule has 0 aromatic heterocycles. The van der Waals surface area contributed by atoms with Crippen molar-refractivity contribution in [1.29, 1.82) is 0 Å². The summed E-state index contributed by atoms with van der Waals surface area (Å²) in [6.07, 6.45) is 0.128. The lowest BCUT2D eigenvalue weighted by atomic mass is 10.6. The van der Waals surface area contributed by atoms with Crippen LogP contribution in [0.5, 0.6) is 0 Å². The molecule has 0 rings (SSSR count). The largest absolute Gasteiger partial charge is 0.442 e. The number of carbonyl (C=O) groups is 2. The molecule has 0 radical (unpaired) electrons. The zero-order valence-electron chi connectivity index (χ0n) is 6.33. The normalized spacial score (nSPS) is 11.9. The molecule has 58 valence electrons. The minimum absolute atomic E-state index is 0.388. The van der Waals surface area contributed by atoms with Crippen LogP contribution < -0.4 is 0 Å². The van der Waals surface area contributed by atoms with Crippen molar-refractivity contribution in [3.63, 3.8) is 0 Å². The zero-order valence-corrected chi connectivity index (χ0v) is 6.33. The van der Waals surface area contributed by atoms with Crippen molar-refractivity contribution in [1.82, 2.24) is 4.90 Å². The van der Waals surface area contributed by atoms with Crippen LogP contribution in [0.15, 0.2) is 0 Å². The molecule has 1 atom stereocenters. The summed E-state index contributed by atoms with van der Waals surface area (Å²) in [4.78, 5) is 21.6. The summed E-state index contributed by atoms with van der Waals surface area (Å²) in [5, 5.41) is 0. The summed E-state index contributed by atoms with van der Waals surface area (Å²) in [6, 6.07) is 0. The van der Waals surface area contributed by atoms with Gasteiger partial charge in [0.25, 0.3) is 0 Å². The first-order valence-corrected chi connectivity index (χ1v) is 2.92.